The van der Waals surface area contributed by atoms with Crippen LogP contribution < -0.4 is 5.32 Å². The van der Waals surface area contributed by atoms with Crippen LogP contribution in [-0.2, 0) is 4.79 Å². The molecule has 5 nitrogen and oxygen atoms in total. The number of benzene rings is 1. The molecule has 1 aliphatic rings. The molecule has 0 heterocycles. The van der Waals surface area contributed by atoms with Gasteiger partial charge >= 0.3 is 0 Å². The molecule has 1 fully saturated rings. The number of carbonyl (C=O) groups excluding carboxylic acids is 1. The summed E-state index contributed by atoms with van der Waals surface area (Å²) in [5.41, 5.74) is 1.13. The molecule has 6 heteroatoms. The van der Waals surface area contributed by atoms with Gasteiger partial charge in [-0.05, 0) is 31.4 Å². The molecule has 0 radical (unpaired) electrons. The summed E-state index contributed by atoms with van der Waals surface area (Å²) < 4.78 is 0. The predicted molar refractivity (Wildman–Crippen MR) is 73.3 cm³/mol. The number of hydrogen-bond donors (Lipinski definition) is 1. The minimum Gasteiger partial charge on any atom is -0.361 e. The third kappa shape index (κ3) is 3.32. The van der Waals surface area contributed by atoms with Crippen LogP contribution in [0.25, 0.3) is 0 Å². The van der Waals surface area contributed by atoms with E-state index >= 15 is 0 Å². The van der Waals surface area contributed by atoms with Crippen LogP contribution >= 0.6 is 11.6 Å². The zero-order chi connectivity index (χ0) is 13.8. The Bertz CT molecular complexity index is 555. The third-order valence-electron chi connectivity index (χ3n) is 3.01. The van der Waals surface area contributed by atoms with Gasteiger partial charge in [0.1, 0.15) is 5.02 Å². The second-order valence-electron chi connectivity index (χ2n) is 4.37. The van der Waals surface area contributed by atoms with Crippen molar-refractivity contribution < 1.29 is 9.72 Å². The molecular formula is C13H13ClN2O3. The van der Waals surface area contributed by atoms with Crippen LogP contribution in [0.1, 0.15) is 25.7 Å². The minimum absolute atomic E-state index is 0.0944. The van der Waals surface area contributed by atoms with Crippen molar-refractivity contribution in [2.45, 2.75) is 25.7 Å². The zero-order valence-corrected chi connectivity index (χ0v) is 10.9. The fourth-order valence-corrected chi connectivity index (χ4v) is 2.15. The van der Waals surface area contributed by atoms with Gasteiger partial charge in [-0.2, -0.15) is 0 Å². The van der Waals surface area contributed by atoms with Crippen LogP contribution in [0.2, 0.25) is 5.02 Å². The van der Waals surface area contributed by atoms with Gasteiger partial charge in [0.25, 0.3) is 5.69 Å². The van der Waals surface area contributed by atoms with E-state index in [4.69, 9.17) is 11.6 Å². The number of halogens is 1. The first-order chi connectivity index (χ1) is 9.08. The standard InChI is InChI=1S/C13H13ClN2O3/c14-11-6-5-10(7-12(11)16(18)19)15-8-9-3-1-2-4-13(9)17/h5-8,15H,1-4H2. The molecule has 1 saturated carbocycles. The summed E-state index contributed by atoms with van der Waals surface area (Å²) >= 11 is 5.72. The number of anilines is 1. The normalized spacial score (nSPS) is 17.5. The summed E-state index contributed by atoms with van der Waals surface area (Å²) in [7, 11) is 0. The highest BCUT2D eigenvalue weighted by Gasteiger charge is 2.15. The second-order valence-corrected chi connectivity index (χ2v) is 4.77. The maximum absolute atomic E-state index is 11.6. The SMILES string of the molecule is O=C1CCCCC1=CNc1ccc(Cl)c([N+](=O)[O-])c1. The average Bonchev–Trinajstić information content (AvgIpc) is 2.39. The van der Waals surface area contributed by atoms with Gasteiger partial charge < -0.3 is 5.32 Å². The molecule has 1 aromatic rings. The highest BCUT2D eigenvalue weighted by Crippen LogP contribution is 2.28. The highest BCUT2D eigenvalue weighted by atomic mass is 35.5. The molecule has 0 atom stereocenters. The maximum atomic E-state index is 11.6. The van der Waals surface area contributed by atoms with E-state index in [1.165, 1.54) is 12.1 Å². The average molecular weight is 281 g/mol. The summed E-state index contributed by atoms with van der Waals surface area (Å²) in [6.07, 6.45) is 4.90. The quantitative estimate of drug-likeness (QED) is 0.521. The Balaban J connectivity index is 2.15. The van der Waals surface area contributed by atoms with Gasteiger partial charge in [-0.1, -0.05) is 11.6 Å². The second kappa shape index (κ2) is 5.84. The molecule has 0 bridgehead atoms. The first-order valence-electron chi connectivity index (χ1n) is 6.00. The van der Waals surface area contributed by atoms with Gasteiger partial charge in [0.05, 0.1) is 4.92 Å². The number of nitro groups is 1. The summed E-state index contributed by atoms with van der Waals surface area (Å²) in [5.74, 6) is 0.141. The molecule has 0 saturated heterocycles. The number of nitro benzene ring substituents is 1. The van der Waals surface area contributed by atoms with Gasteiger partial charge in [-0.25, -0.2) is 0 Å². The van der Waals surface area contributed by atoms with Crippen LogP contribution in [0.15, 0.2) is 30.0 Å². The number of allylic oxidation sites excluding steroid dienone is 1. The van der Waals surface area contributed by atoms with E-state index in [9.17, 15) is 14.9 Å². The Morgan fingerprint density at radius 1 is 1.32 bits per heavy atom. The number of nitrogens with one attached hydrogen (secondary N) is 1. The predicted octanol–water partition coefficient (Wildman–Crippen LogP) is 3.69. The summed E-state index contributed by atoms with van der Waals surface area (Å²) in [6, 6.07) is 4.45. The molecule has 1 N–H and O–H groups in total. The lowest BCUT2D eigenvalue weighted by Gasteiger charge is -2.12. The lowest BCUT2D eigenvalue weighted by molar-refractivity contribution is -0.384. The molecule has 0 unspecified atom stereocenters. The number of rotatable bonds is 3. The Hall–Kier alpha value is -1.88. The first-order valence-corrected chi connectivity index (χ1v) is 6.38. The molecule has 0 spiro atoms. The largest absolute Gasteiger partial charge is 0.361 e. The topological polar surface area (TPSA) is 72.2 Å². The third-order valence-corrected chi connectivity index (χ3v) is 3.33. The van der Waals surface area contributed by atoms with E-state index in [0.717, 1.165) is 24.8 Å². The number of nitrogens with zero attached hydrogens (tertiary/aromatic N) is 1. The van der Waals surface area contributed by atoms with E-state index in [0.29, 0.717) is 12.1 Å². The van der Waals surface area contributed by atoms with Crippen LogP contribution in [0.4, 0.5) is 11.4 Å². The van der Waals surface area contributed by atoms with E-state index in [-0.39, 0.29) is 16.5 Å². The molecule has 1 aromatic carbocycles. The van der Waals surface area contributed by atoms with Crippen LogP contribution in [0.5, 0.6) is 0 Å². The van der Waals surface area contributed by atoms with Crippen molar-refractivity contribution in [1.29, 1.82) is 0 Å². The molecule has 100 valence electrons. The van der Waals surface area contributed by atoms with Gasteiger partial charge in [-0.15, -0.1) is 0 Å². The van der Waals surface area contributed by atoms with E-state index in [2.05, 4.69) is 5.32 Å². The van der Waals surface area contributed by atoms with Gasteiger partial charge in [0, 0.05) is 29.9 Å². The molecule has 2 rings (SSSR count). The van der Waals surface area contributed by atoms with Crippen molar-refractivity contribution >= 4 is 28.8 Å². The summed E-state index contributed by atoms with van der Waals surface area (Å²) in [6.45, 7) is 0. The molecule has 0 aromatic heterocycles. The number of Topliss-reactive ketones (excluding diaryl/α,β-unsaturated/α-hetero) is 1. The van der Waals surface area contributed by atoms with E-state index < -0.39 is 4.92 Å². The summed E-state index contributed by atoms with van der Waals surface area (Å²) in [5, 5.41) is 13.8. The molecule has 1 aliphatic carbocycles. The zero-order valence-electron chi connectivity index (χ0n) is 10.2. The fourth-order valence-electron chi connectivity index (χ4n) is 1.97. The monoisotopic (exact) mass is 280 g/mol. The fraction of sp³-hybridized carbons (Fsp3) is 0.308. The molecule has 0 amide bonds. The Labute approximate surface area is 115 Å². The Kier molecular flexibility index (Phi) is 4.16. The smallest absolute Gasteiger partial charge is 0.289 e. The lowest BCUT2D eigenvalue weighted by atomic mass is 9.94. The van der Waals surface area contributed by atoms with Crippen molar-refractivity contribution in [2.24, 2.45) is 0 Å². The van der Waals surface area contributed by atoms with Crippen molar-refractivity contribution in [1.82, 2.24) is 0 Å². The van der Waals surface area contributed by atoms with Crippen LogP contribution in [0.3, 0.4) is 0 Å². The lowest BCUT2D eigenvalue weighted by Crippen LogP contribution is -2.09. The highest BCUT2D eigenvalue weighted by molar-refractivity contribution is 6.32. The Morgan fingerprint density at radius 2 is 2.05 bits per heavy atom. The van der Waals surface area contributed by atoms with Gasteiger partial charge in [0.15, 0.2) is 5.78 Å². The van der Waals surface area contributed by atoms with Gasteiger partial charge in [0.2, 0.25) is 0 Å². The van der Waals surface area contributed by atoms with E-state index in [1.807, 2.05) is 0 Å². The van der Waals surface area contributed by atoms with Crippen molar-refractivity contribution in [2.75, 3.05) is 5.32 Å². The molecule has 0 aliphatic heterocycles. The number of hydrogen-bond acceptors (Lipinski definition) is 4. The van der Waals surface area contributed by atoms with Crippen molar-refractivity contribution in [3.63, 3.8) is 0 Å². The molecular weight excluding hydrogens is 268 g/mol. The van der Waals surface area contributed by atoms with Crippen molar-refractivity contribution in [3.8, 4) is 0 Å². The first kappa shape index (κ1) is 13.5. The van der Waals surface area contributed by atoms with Crippen LogP contribution in [0, 0.1) is 10.1 Å². The number of ketones is 1. The van der Waals surface area contributed by atoms with Crippen molar-refractivity contribution in [3.05, 3.63) is 45.1 Å². The van der Waals surface area contributed by atoms with E-state index in [1.54, 1.807) is 12.3 Å². The van der Waals surface area contributed by atoms with Crippen LogP contribution in [-0.4, -0.2) is 10.7 Å². The number of carbonyl (C=O) groups is 1. The minimum atomic E-state index is -0.535. The summed E-state index contributed by atoms with van der Waals surface area (Å²) in [4.78, 5) is 21.8. The Morgan fingerprint density at radius 3 is 2.74 bits per heavy atom. The maximum Gasteiger partial charge on any atom is 0.289 e. The molecule has 19 heavy (non-hydrogen) atoms. The van der Waals surface area contributed by atoms with Gasteiger partial charge in [-0.3, -0.25) is 14.9 Å².